The number of hydrogen-bond donors (Lipinski definition) is 4. The van der Waals surface area contributed by atoms with E-state index in [-0.39, 0.29) is 23.1 Å². The number of amides is 5. The number of likely N-dealkylation sites (tertiary alicyclic amines) is 1. The van der Waals surface area contributed by atoms with Gasteiger partial charge in [-0.3, -0.25) is 23.4 Å². The zero-order valence-electron chi connectivity index (χ0n) is 29.5. The average Bonchev–Trinajstić information content (AvgIpc) is 3.71. The number of rotatable bonds is 16. The van der Waals surface area contributed by atoms with Gasteiger partial charge < -0.3 is 26.2 Å². The van der Waals surface area contributed by atoms with Gasteiger partial charge in [0.15, 0.2) is 0 Å². The second-order valence-corrected chi connectivity index (χ2v) is 17.1. The van der Waals surface area contributed by atoms with Crippen LogP contribution in [0.5, 0.6) is 0 Å². The lowest BCUT2D eigenvalue weighted by Gasteiger charge is -2.41. The molecule has 47 heavy (non-hydrogen) atoms. The number of nitrogens with one attached hydrogen (secondary N) is 4. The fourth-order valence-electron chi connectivity index (χ4n) is 6.65. The van der Waals surface area contributed by atoms with E-state index in [0.717, 1.165) is 57.8 Å². The predicted molar refractivity (Wildman–Crippen MR) is 185 cm³/mol. The number of nitrogens with zero attached hydrogens (tertiary/aromatic N) is 1. The number of hydrogen-bond acceptors (Lipinski definition) is 6. The van der Waals surface area contributed by atoms with Gasteiger partial charge in [-0.05, 0) is 63.2 Å². The van der Waals surface area contributed by atoms with Crippen LogP contribution in [-0.4, -0.2) is 85.9 Å². The lowest BCUT2D eigenvalue weighted by atomic mass is 9.83. The summed E-state index contributed by atoms with van der Waals surface area (Å²) in [6, 6.07) is -3.21. The molecule has 4 atom stereocenters. The normalized spacial score (nSPS) is 21.6. The van der Waals surface area contributed by atoms with Crippen molar-refractivity contribution in [3.8, 4) is 0 Å². The maximum Gasteiger partial charge on any atom is 0.315 e. The first-order valence-electron chi connectivity index (χ1n) is 17.6. The summed E-state index contributed by atoms with van der Waals surface area (Å²) in [5.41, 5.74) is -1.31. The summed E-state index contributed by atoms with van der Waals surface area (Å²) < 4.78 is 13.3. The SMILES string of the molecule is C=CCNC(=O)C(=O)C(CC1CC1)NC(=O)[C@@H]1CCCN1C(=O)[C@@H](NC(=O)NC1(CS(=O)C(C)(CC)CC)CCCCC1)C(C)(C)C. The summed E-state index contributed by atoms with van der Waals surface area (Å²) in [6.07, 6.45) is 10.7. The molecule has 2 saturated carbocycles. The van der Waals surface area contributed by atoms with E-state index in [1.165, 1.54) is 11.0 Å². The van der Waals surface area contributed by atoms with E-state index in [1.807, 2.05) is 41.5 Å². The first-order chi connectivity index (χ1) is 22.1. The molecule has 12 heteroatoms. The van der Waals surface area contributed by atoms with Crippen LogP contribution in [0.1, 0.15) is 119 Å². The number of Topliss-reactive ketones (excluding diaryl/α,β-unsaturated/α-hetero) is 1. The molecule has 2 unspecified atom stereocenters. The van der Waals surface area contributed by atoms with Crippen LogP contribution >= 0.6 is 0 Å². The molecule has 2 aliphatic carbocycles. The molecule has 3 aliphatic rings. The summed E-state index contributed by atoms with van der Waals surface area (Å²) in [5, 5.41) is 11.4. The van der Waals surface area contributed by atoms with Gasteiger partial charge in [0.2, 0.25) is 17.6 Å². The lowest BCUT2D eigenvalue weighted by molar-refractivity contribution is -0.143. The van der Waals surface area contributed by atoms with Crippen molar-refractivity contribution in [1.82, 2.24) is 26.2 Å². The van der Waals surface area contributed by atoms with E-state index < -0.39 is 63.5 Å². The quantitative estimate of drug-likeness (QED) is 0.144. The Bertz CT molecular complexity index is 1190. The minimum absolute atomic E-state index is 0.143. The van der Waals surface area contributed by atoms with Crippen LogP contribution in [0.2, 0.25) is 0 Å². The molecular formula is C35H59N5O6S. The molecule has 0 aromatic rings. The minimum atomic E-state index is -1.16. The standard InChI is InChI=1S/C35H59N5O6S/c1-8-20-36-30(43)27(41)25(22-24-16-17-24)37-29(42)26-15-14-21-40(26)31(44)28(33(4,5)6)38-32(45)39-35(18-12-11-13-19-35)23-47(46)34(7,9-2)10-3/h8,24-26,28H,1,9-23H2,2-7H3,(H,36,43)(H,37,42)(H2,38,39,45)/t25?,26-,28+,47?/m0/s1. The van der Waals surface area contributed by atoms with Crippen LogP contribution in [0.4, 0.5) is 4.79 Å². The van der Waals surface area contributed by atoms with Gasteiger partial charge in [0, 0.05) is 34.4 Å². The van der Waals surface area contributed by atoms with Gasteiger partial charge >= 0.3 is 6.03 Å². The largest absolute Gasteiger partial charge is 0.346 e. The number of carbonyl (C=O) groups is 5. The van der Waals surface area contributed by atoms with Crippen molar-refractivity contribution in [2.45, 2.75) is 147 Å². The molecule has 0 aromatic heterocycles. The maximum atomic E-state index is 14.1. The first-order valence-corrected chi connectivity index (χ1v) is 18.9. The molecule has 4 N–H and O–H groups in total. The second kappa shape index (κ2) is 16.6. The van der Waals surface area contributed by atoms with Crippen LogP contribution in [0.25, 0.3) is 0 Å². The molecule has 1 heterocycles. The van der Waals surface area contributed by atoms with Crippen molar-refractivity contribution in [3.05, 3.63) is 12.7 Å². The fourth-order valence-corrected chi connectivity index (χ4v) is 8.51. The number of ketones is 1. The van der Waals surface area contributed by atoms with E-state index in [0.29, 0.717) is 31.6 Å². The monoisotopic (exact) mass is 677 g/mol. The summed E-state index contributed by atoms with van der Waals surface area (Å²) in [6.45, 7) is 15.8. The second-order valence-electron chi connectivity index (χ2n) is 15.2. The third-order valence-corrected chi connectivity index (χ3v) is 12.9. The Balaban J connectivity index is 1.75. The molecule has 11 nitrogen and oxygen atoms in total. The van der Waals surface area contributed by atoms with Gasteiger partial charge in [-0.15, -0.1) is 6.58 Å². The van der Waals surface area contributed by atoms with Crippen LogP contribution in [0.15, 0.2) is 12.7 Å². The van der Waals surface area contributed by atoms with Gasteiger partial charge in [0.25, 0.3) is 5.91 Å². The third kappa shape index (κ3) is 10.4. The van der Waals surface area contributed by atoms with Crippen molar-refractivity contribution >= 4 is 40.3 Å². The Morgan fingerprint density at radius 1 is 0.957 bits per heavy atom. The van der Waals surface area contributed by atoms with Gasteiger partial charge in [-0.2, -0.15) is 0 Å². The van der Waals surface area contributed by atoms with E-state index in [2.05, 4.69) is 27.8 Å². The number of urea groups is 1. The lowest BCUT2D eigenvalue weighted by Crippen LogP contribution is -2.63. The molecule has 5 amide bonds. The highest BCUT2D eigenvalue weighted by Crippen LogP contribution is 2.35. The van der Waals surface area contributed by atoms with Crippen LogP contribution in [0.3, 0.4) is 0 Å². The third-order valence-electron chi connectivity index (χ3n) is 10.4. The number of carbonyl (C=O) groups excluding carboxylic acids is 5. The Kier molecular flexibility index (Phi) is 13.6. The highest BCUT2D eigenvalue weighted by Gasteiger charge is 2.45. The predicted octanol–water partition coefficient (Wildman–Crippen LogP) is 3.88. The van der Waals surface area contributed by atoms with Crippen molar-refractivity contribution in [1.29, 1.82) is 0 Å². The molecule has 3 fully saturated rings. The van der Waals surface area contributed by atoms with E-state index in [9.17, 15) is 28.2 Å². The fraction of sp³-hybridized carbons (Fsp3) is 0.800. The van der Waals surface area contributed by atoms with Crippen LogP contribution in [-0.2, 0) is 30.0 Å². The van der Waals surface area contributed by atoms with E-state index >= 15 is 0 Å². The van der Waals surface area contributed by atoms with Crippen molar-refractivity contribution in [2.75, 3.05) is 18.8 Å². The highest BCUT2D eigenvalue weighted by molar-refractivity contribution is 7.86. The van der Waals surface area contributed by atoms with E-state index in [1.54, 1.807) is 0 Å². The van der Waals surface area contributed by atoms with Crippen molar-refractivity contribution in [2.24, 2.45) is 11.3 Å². The molecule has 1 aliphatic heterocycles. The Hall–Kier alpha value is -2.76. The molecule has 0 bridgehead atoms. The molecule has 3 rings (SSSR count). The molecule has 0 spiro atoms. The van der Waals surface area contributed by atoms with Crippen LogP contribution < -0.4 is 21.3 Å². The molecule has 0 aromatic carbocycles. The van der Waals surface area contributed by atoms with Crippen LogP contribution in [0, 0.1) is 11.3 Å². The summed E-state index contributed by atoms with van der Waals surface area (Å²) >= 11 is 0. The first kappa shape index (κ1) is 38.7. The van der Waals surface area contributed by atoms with Gasteiger partial charge in [0.05, 0.1) is 11.6 Å². The molecule has 0 radical (unpaired) electrons. The Morgan fingerprint density at radius 2 is 1.60 bits per heavy atom. The Morgan fingerprint density at radius 3 is 2.15 bits per heavy atom. The maximum absolute atomic E-state index is 14.1. The minimum Gasteiger partial charge on any atom is -0.346 e. The Labute approximate surface area is 284 Å². The highest BCUT2D eigenvalue weighted by atomic mass is 32.2. The molecule has 1 saturated heterocycles. The van der Waals surface area contributed by atoms with Crippen molar-refractivity contribution in [3.63, 3.8) is 0 Å². The zero-order chi connectivity index (χ0) is 35.0. The average molecular weight is 678 g/mol. The summed E-state index contributed by atoms with van der Waals surface area (Å²) in [5.74, 6) is -1.68. The topological polar surface area (TPSA) is 154 Å². The van der Waals surface area contributed by atoms with E-state index in [4.69, 9.17) is 0 Å². The van der Waals surface area contributed by atoms with Gasteiger partial charge in [-0.25, -0.2) is 4.79 Å². The molecular weight excluding hydrogens is 618 g/mol. The summed E-state index contributed by atoms with van der Waals surface area (Å²) in [7, 11) is -1.16. The van der Waals surface area contributed by atoms with Gasteiger partial charge in [0.1, 0.15) is 12.1 Å². The van der Waals surface area contributed by atoms with Crippen molar-refractivity contribution < 1.29 is 28.2 Å². The summed E-state index contributed by atoms with van der Waals surface area (Å²) in [4.78, 5) is 68.4. The molecule has 266 valence electrons. The smallest absolute Gasteiger partial charge is 0.315 e. The van der Waals surface area contributed by atoms with Gasteiger partial charge in [-0.1, -0.05) is 72.8 Å². The zero-order valence-corrected chi connectivity index (χ0v) is 30.3.